The lowest BCUT2D eigenvalue weighted by molar-refractivity contribution is 0.0689. The fourth-order valence-corrected chi connectivity index (χ4v) is 2.95. The molecule has 2 nitrogen and oxygen atoms in total. The van der Waals surface area contributed by atoms with Crippen molar-refractivity contribution in [1.29, 1.82) is 0 Å². The summed E-state index contributed by atoms with van der Waals surface area (Å²) in [6, 6.07) is 2.83. The maximum Gasteiger partial charge on any atom is 0.173 e. The lowest BCUT2D eigenvalue weighted by Gasteiger charge is -2.37. The number of rotatable bonds is 3. The molecule has 0 amide bonds. The fraction of sp³-hybridized carbons (Fsp3) is 0.562. The van der Waals surface area contributed by atoms with Crippen molar-refractivity contribution in [2.24, 2.45) is 17.1 Å². The van der Waals surface area contributed by atoms with Crippen LogP contribution >= 0.6 is 0 Å². The Labute approximate surface area is 118 Å². The fourth-order valence-electron chi connectivity index (χ4n) is 2.95. The zero-order valence-electron chi connectivity index (χ0n) is 12.0. The van der Waals surface area contributed by atoms with Crippen molar-refractivity contribution in [2.75, 3.05) is 6.54 Å². The molecular formula is C16H21F2NO. The Hall–Kier alpha value is -1.29. The van der Waals surface area contributed by atoms with Crippen LogP contribution in [0.15, 0.2) is 12.1 Å². The van der Waals surface area contributed by atoms with Crippen LogP contribution in [-0.2, 0) is 0 Å². The molecule has 1 aliphatic rings. The van der Waals surface area contributed by atoms with Crippen LogP contribution in [-0.4, -0.2) is 12.3 Å². The van der Waals surface area contributed by atoms with Crippen LogP contribution in [0.1, 0.15) is 48.5 Å². The van der Waals surface area contributed by atoms with Gasteiger partial charge in [0.15, 0.2) is 17.4 Å². The first-order chi connectivity index (χ1) is 9.41. The third kappa shape index (κ3) is 2.49. The average molecular weight is 281 g/mol. The van der Waals surface area contributed by atoms with Crippen LogP contribution in [0.4, 0.5) is 8.78 Å². The van der Waals surface area contributed by atoms with Gasteiger partial charge in [0.05, 0.1) is 5.56 Å². The SMILES string of the molecule is Cc1ccc(C(=O)C2(CN)CCC(C)CC2)c(F)c1F. The number of nitrogens with two attached hydrogens (primary N) is 1. The van der Waals surface area contributed by atoms with Crippen molar-refractivity contribution in [3.05, 3.63) is 34.9 Å². The van der Waals surface area contributed by atoms with Crippen LogP contribution in [0.25, 0.3) is 0 Å². The molecule has 0 heterocycles. The summed E-state index contributed by atoms with van der Waals surface area (Å²) in [5.41, 5.74) is 5.12. The van der Waals surface area contributed by atoms with Gasteiger partial charge in [0, 0.05) is 12.0 Å². The van der Waals surface area contributed by atoms with E-state index < -0.39 is 17.0 Å². The van der Waals surface area contributed by atoms with E-state index in [4.69, 9.17) is 5.73 Å². The largest absolute Gasteiger partial charge is 0.329 e. The van der Waals surface area contributed by atoms with E-state index in [9.17, 15) is 13.6 Å². The molecule has 1 fully saturated rings. The molecule has 0 bridgehead atoms. The first-order valence-electron chi connectivity index (χ1n) is 7.11. The maximum absolute atomic E-state index is 14.0. The molecule has 0 unspecified atom stereocenters. The van der Waals surface area contributed by atoms with Crippen LogP contribution in [0.3, 0.4) is 0 Å². The topological polar surface area (TPSA) is 43.1 Å². The maximum atomic E-state index is 14.0. The second-order valence-corrected chi connectivity index (χ2v) is 6.05. The highest BCUT2D eigenvalue weighted by molar-refractivity contribution is 6.01. The van der Waals surface area contributed by atoms with E-state index in [2.05, 4.69) is 6.92 Å². The molecule has 0 radical (unpaired) electrons. The predicted molar refractivity (Wildman–Crippen MR) is 74.5 cm³/mol. The van der Waals surface area contributed by atoms with E-state index in [1.807, 2.05) is 0 Å². The Morgan fingerprint density at radius 3 is 2.45 bits per heavy atom. The third-order valence-corrected chi connectivity index (χ3v) is 4.62. The summed E-state index contributed by atoms with van der Waals surface area (Å²) in [4.78, 5) is 12.7. The Bertz CT molecular complexity index is 519. The van der Waals surface area contributed by atoms with Crippen LogP contribution < -0.4 is 5.73 Å². The Kier molecular flexibility index (Phi) is 4.23. The van der Waals surface area contributed by atoms with Gasteiger partial charge in [0.2, 0.25) is 0 Å². The van der Waals surface area contributed by atoms with Crippen molar-refractivity contribution in [3.8, 4) is 0 Å². The summed E-state index contributed by atoms with van der Waals surface area (Å²) in [7, 11) is 0. The molecule has 2 rings (SSSR count). The summed E-state index contributed by atoms with van der Waals surface area (Å²) in [6.45, 7) is 3.80. The van der Waals surface area contributed by atoms with E-state index in [1.165, 1.54) is 19.1 Å². The van der Waals surface area contributed by atoms with Gasteiger partial charge >= 0.3 is 0 Å². The molecule has 1 aromatic carbocycles. The Balaban J connectivity index is 2.37. The van der Waals surface area contributed by atoms with Crippen molar-refractivity contribution in [3.63, 3.8) is 0 Å². The van der Waals surface area contributed by atoms with Crippen LogP contribution in [0, 0.1) is 29.9 Å². The summed E-state index contributed by atoms with van der Waals surface area (Å²) < 4.78 is 27.7. The van der Waals surface area contributed by atoms with E-state index >= 15 is 0 Å². The lowest BCUT2D eigenvalue weighted by atomic mass is 9.67. The van der Waals surface area contributed by atoms with Crippen LogP contribution in [0.2, 0.25) is 0 Å². The number of hydrogen-bond acceptors (Lipinski definition) is 2. The van der Waals surface area contributed by atoms with Gasteiger partial charge in [-0.2, -0.15) is 0 Å². The van der Waals surface area contributed by atoms with Crippen molar-refractivity contribution in [2.45, 2.75) is 39.5 Å². The van der Waals surface area contributed by atoms with E-state index in [0.29, 0.717) is 18.8 Å². The minimum absolute atomic E-state index is 0.159. The highest BCUT2D eigenvalue weighted by atomic mass is 19.2. The number of ketones is 1. The number of aryl methyl sites for hydroxylation is 1. The first-order valence-corrected chi connectivity index (χ1v) is 7.11. The van der Waals surface area contributed by atoms with Gasteiger partial charge in [0.25, 0.3) is 0 Å². The molecule has 0 saturated heterocycles. The quantitative estimate of drug-likeness (QED) is 0.860. The number of Topliss-reactive ketones (excluding diaryl/α,β-unsaturated/α-hetero) is 1. The van der Waals surface area contributed by atoms with Gasteiger partial charge in [-0.3, -0.25) is 4.79 Å². The van der Waals surface area contributed by atoms with Gasteiger partial charge in [-0.05, 0) is 50.2 Å². The molecule has 1 aliphatic carbocycles. The third-order valence-electron chi connectivity index (χ3n) is 4.62. The second-order valence-electron chi connectivity index (χ2n) is 6.05. The molecule has 0 aromatic heterocycles. The zero-order valence-corrected chi connectivity index (χ0v) is 12.0. The number of carbonyl (C=O) groups is 1. The monoisotopic (exact) mass is 281 g/mol. The van der Waals surface area contributed by atoms with Crippen molar-refractivity contribution >= 4 is 5.78 Å². The molecule has 0 atom stereocenters. The standard InChI is InChI=1S/C16H21F2NO/c1-10-5-7-16(9-19,8-6-10)15(20)12-4-3-11(2)13(17)14(12)18/h3-4,10H,5-9,19H2,1-2H3. The average Bonchev–Trinajstić information content (AvgIpc) is 2.46. The first kappa shape index (κ1) is 15.1. The van der Waals surface area contributed by atoms with Crippen molar-refractivity contribution < 1.29 is 13.6 Å². The molecular weight excluding hydrogens is 260 g/mol. The van der Waals surface area contributed by atoms with E-state index in [0.717, 1.165) is 12.8 Å². The highest BCUT2D eigenvalue weighted by Crippen LogP contribution is 2.41. The van der Waals surface area contributed by atoms with E-state index in [1.54, 1.807) is 0 Å². The molecule has 1 saturated carbocycles. The summed E-state index contributed by atoms with van der Waals surface area (Å²) in [6.07, 6.45) is 3.11. The minimum atomic E-state index is -1.04. The number of halogens is 2. The zero-order chi connectivity index (χ0) is 14.9. The Morgan fingerprint density at radius 2 is 1.90 bits per heavy atom. The normalized spacial score (nSPS) is 26.6. The minimum Gasteiger partial charge on any atom is -0.329 e. The molecule has 20 heavy (non-hydrogen) atoms. The lowest BCUT2D eigenvalue weighted by Crippen LogP contribution is -2.42. The molecule has 2 N–H and O–H groups in total. The molecule has 0 spiro atoms. The summed E-state index contributed by atoms with van der Waals surface area (Å²) in [5, 5.41) is 0. The second kappa shape index (κ2) is 5.60. The van der Waals surface area contributed by atoms with Gasteiger partial charge < -0.3 is 5.73 Å². The number of hydrogen-bond donors (Lipinski definition) is 1. The molecule has 0 aliphatic heterocycles. The van der Waals surface area contributed by atoms with Crippen molar-refractivity contribution in [1.82, 2.24) is 0 Å². The van der Waals surface area contributed by atoms with E-state index in [-0.39, 0.29) is 23.5 Å². The molecule has 110 valence electrons. The van der Waals surface area contributed by atoms with Gasteiger partial charge in [0.1, 0.15) is 0 Å². The Morgan fingerprint density at radius 1 is 1.30 bits per heavy atom. The summed E-state index contributed by atoms with van der Waals surface area (Å²) in [5.74, 6) is -1.76. The van der Waals surface area contributed by atoms with Crippen LogP contribution in [0.5, 0.6) is 0 Å². The predicted octanol–water partition coefficient (Wildman–Crippen LogP) is 3.61. The highest BCUT2D eigenvalue weighted by Gasteiger charge is 2.41. The molecule has 4 heteroatoms. The van der Waals surface area contributed by atoms with Gasteiger partial charge in [-0.1, -0.05) is 13.0 Å². The smallest absolute Gasteiger partial charge is 0.173 e. The molecule has 1 aromatic rings. The number of benzene rings is 1. The number of carbonyl (C=O) groups excluding carboxylic acids is 1. The van der Waals surface area contributed by atoms with Gasteiger partial charge in [-0.25, -0.2) is 8.78 Å². The summed E-state index contributed by atoms with van der Waals surface area (Å²) >= 11 is 0. The van der Waals surface area contributed by atoms with Gasteiger partial charge in [-0.15, -0.1) is 0 Å².